The fourth-order valence-corrected chi connectivity index (χ4v) is 3.48. The molecular formula is C16H26N2O. The van der Waals surface area contributed by atoms with Gasteiger partial charge in [-0.05, 0) is 52.2 Å². The Hall–Kier alpha value is -1.09. The number of nitrogens with two attached hydrogens (primary N) is 1. The van der Waals surface area contributed by atoms with Crippen molar-refractivity contribution in [3.05, 3.63) is 33.2 Å². The van der Waals surface area contributed by atoms with Crippen LogP contribution in [0.25, 0.3) is 0 Å². The van der Waals surface area contributed by atoms with Gasteiger partial charge in [0.25, 0.3) is 5.56 Å². The summed E-state index contributed by atoms with van der Waals surface area (Å²) in [5, 5.41) is 0. The predicted octanol–water partition coefficient (Wildman–Crippen LogP) is 3.16. The van der Waals surface area contributed by atoms with E-state index < -0.39 is 5.54 Å². The van der Waals surface area contributed by atoms with Gasteiger partial charge in [0.05, 0.1) is 0 Å². The molecule has 3 nitrogen and oxygen atoms in total. The molecule has 106 valence electrons. The maximum absolute atomic E-state index is 12.8. The summed E-state index contributed by atoms with van der Waals surface area (Å²) in [7, 11) is 0. The second-order valence-corrected chi connectivity index (χ2v) is 6.53. The lowest BCUT2D eigenvalue weighted by Crippen LogP contribution is -2.41. The summed E-state index contributed by atoms with van der Waals surface area (Å²) in [5.41, 5.74) is 8.59. The standard InChI is InChI=1S/C16H26N2O/c1-11-10-12(2)18(13-8-6-5-7-9-13)15(19)14(11)16(3,4)17/h10,13H,5-9,17H2,1-4H3. The molecule has 1 saturated carbocycles. The third-order valence-corrected chi connectivity index (χ3v) is 4.22. The van der Waals surface area contributed by atoms with Crippen molar-refractivity contribution in [2.24, 2.45) is 5.73 Å². The highest BCUT2D eigenvalue weighted by Crippen LogP contribution is 2.29. The molecule has 0 spiro atoms. The van der Waals surface area contributed by atoms with E-state index in [0.29, 0.717) is 6.04 Å². The second-order valence-electron chi connectivity index (χ2n) is 6.53. The molecular weight excluding hydrogens is 236 g/mol. The van der Waals surface area contributed by atoms with Gasteiger partial charge in [-0.1, -0.05) is 19.3 Å². The molecule has 1 aliphatic carbocycles. The molecule has 0 radical (unpaired) electrons. The largest absolute Gasteiger partial charge is 0.322 e. The van der Waals surface area contributed by atoms with Crippen LogP contribution in [-0.2, 0) is 5.54 Å². The van der Waals surface area contributed by atoms with Crippen LogP contribution in [0.5, 0.6) is 0 Å². The zero-order valence-electron chi connectivity index (χ0n) is 12.6. The highest BCUT2D eigenvalue weighted by molar-refractivity contribution is 5.31. The summed E-state index contributed by atoms with van der Waals surface area (Å²) in [4.78, 5) is 12.8. The number of nitrogens with zero attached hydrogens (tertiary/aromatic N) is 1. The van der Waals surface area contributed by atoms with Crippen LogP contribution in [0.4, 0.5) is 0 Å². The summed E-state index contributed by atoms with van der Waals surface area (Å²) in [6.45, 7) is 7.86. The molecule has 0 saturated heterocycles. The van der Waals surface area contributed by atoms with Crippen molar-refractivity contribution in [2.45, 2.75) is 71.4 Å². The molecule has 0 bridgehead atoms. The predicted molar refractivity (Wildman–Crippen MR) is 79.5 cm³/mol. The van der Waals surface area contributed by atoms with Crippen molar-refractivity contribution in [1.82, 2.24) is 4.57 Å². The average Bonchev–Trinajstić information content (AvgIpc) is 2.27. The van der Waals surface area contributed by atoms with Gasteiger partial charge in [-0.2, -0.15) is 0 Å². The Morgan fingerprint density at radius 1 is 1.21 bits per heavy atom. The minimum Gasteiger partial charge on any atom is -0.322 e. The Morgan fingerprint density at radius 2 is 1.79 bits per heavy atom. The van der Waals surface area contributed by atoms with Gasteiger partial charge in [0.1, 0.15) is 0 Å². The van der Waals surface area contributed by atoms with E-state index in [2.05, 4.69) is 6.07 Å². The molecule has 1 aromatic heterocycles. The average molecular weight is 262 g/mol. The number of aromatic nitrogens is 1. The Morgan fingerprint density at radius 3 is 2.32 bits per heavy atom. The van der Waals surface area contributed by atoms with E-state index in [1.165, 1.54) is 19.3 Å². The van der Waals surface area contributed by atoms with E-state index in [4.69, 9.17) is 5.73 Å². The molecule has 1 heterocycles. The fourth-order valence-electron chi connectivity index (χ4n) is 3.48. The highest BCUT2D eigenvalue weighted by atomic mass is 16.1. The lowest BCUT2D eigenvalue weighted by atomic mass is 9.90. The van der Waals surface area contributed by atoms with Crippen LogP contribution in [0, 0.1) is 13.8 Å². The molecule has 0 aromatic carbocycles. The number of hydrogen-bond donors (Lipinski definition) is 1. The highest BCUT2D eigenvalue weighted by Gasteiger charge is 2.26. The maximum Gasteiger partial charge on any atom is 0.256 e. The Balaban J connectivity index is 2.58. The van der Waals surface area contributed by atoms with Crippen molar-refractivity contribution in [3.63, 3.8) is 0 Å². The van der Waals surface area contributed by atoms with E-state index in [9.17, 15) is 4.79 Å². The normalized spacial score (nSPS) is 17.7. The quantitative estimate of drug-likeness (QED) is 0.890. The van der Waals surface area contributed by atoms with Gasteiger partial charge in [-0.25, -0.2) is 0 Å². The topological polar surface area (TPSA) is 48.0 Å². The molecule has 0 atom stereocenters. The smallest absolute Gasteiger partial charge is 0.256 e. The molecule has 2 N–H and O–H groups in total. The van der Waals surface area contributed by atoms with Gasteiger partial charge in [-0.3, -0.25) is 4.79 Å². The number of rotatable bonds is 2. The fraction of sp³-hybridized carbons (Fsp3) is 0.688. The monoisotopic (exact) mass is 262 g/mol. The summed E-state index contributed by atoms with van der Waals surface area (Å²) in [6, 6.07) is 2.47. The summed E-state index contributed by atoms with van der Waals surface area (Å²) >= 11 is 0. The second kappa shape index (κ2) is 5.12. The zero-order chi connectivity index (χ0) is 14.2. The molecule has 3 heteroatoms. The number of hydrogen-bond acceptors (Lipinski definition) is 2. The number of pyridine rings is 1. The maximum atomic E-state index is 12.8. The zero-order valence-corrected chi connectivity index (χ0v) is 12.6. The molecule has 0 aliphatic heterocycles. The molecule has 0 amide bonds. The van der Waals surface area contributed by atoms with E-state index in [0.717, 1.165) is 29.7 Å². The van der Waals surface area contributed by atoms with Crippen LogP contribution in [0.1, 0.15) is 68.8 Å². The van der Waals surface area contributed by atoms with E-state index >= 15 is 0 Å². The minimum atomic E-state index is -0.578. The van der Waals surface area contributed by atoms with E-state index in [1.807, 2.05) is 32.3 Å². The molecule has 1 fully saturated rings. The number of aryl methyl sites for hydroxylation is 2. The summed E-state index contributed by atoms with van der Waals surface area (Å²) < 4.78 is 2.00. The third kappa shape index (κ3) is 2.76. The lowest BCUT2D eigenvalue weighted by Gasteiger charge is -2.29. The molecule has 1 aliphatic rings. The van der Waals surface area contributed by atoms with Gasteiger partial charge in [0, 0.05) is 22.8 Å². The summed E-state index contributed by atoms with van der Waals surface area (Å²) in [6.07, 6.45) is 5.99. The van der Waals surface area contributed by atoms with E-state index in [-0.39, 0.29) is 5.56 Å². The van der Waals surface area contributed by atoms with Crippen LogP contribution >= 0.6 is 0 Å². The van der Waals surface area contributed by atoms with Crippen LogP contribution in [0.15, 0.2) is 10.9 Å². The SMILES string of the molecule is Cc1cc(C)n(C2CCCCC2)c(=O)c1C(C)(C)N. The van der Waals surface area contributed by atoms with Gasteiger partial charge in [-0.15, -0.1) is 0 Å². The Labute approximate surface area is 115 Å². The van der Waals surface area contributed by atoms with Crippen molar-refractivity contribution < 1.29 is 0 Å². The molecule has 2 rings (SSSR count). The van der Waals surface area contributed by atoms with Crippen molar-refractivity contribution in [2.75, 3.05) is 0 Å². The Bertz CT molecular complexity index is 517. The summed E-state index contributed by atoms with van der Waals surface area (Å²) in [5.74, 6) is 0. The van der Waals surface area contributed by atoms with Crippen LogP contribution in [0.3, 0.4) is 0 Å². The van der Waals surface area contributed by atoms with Gasteiger partial charge >= 0.3 is 0 Å². The van der Waals surface area contributed by atoms with Crippen molar-refractivity contribution in [1.29, 1.82) is 0 Å². The van der Waals surface area contributed by atoms with Gasteiger partial charge in [0.2, 0.25) is 0 Å². The van der Waals surface area contributed by atoms with Crippen molar-refractivity contribution >= 4 is 0 Å². The van der Waals surface area contributed by atoms with E-state index in [1.54, 1.807) is 0 Å². The third-order valence-electron chi connectivity index (χ3n) is 4.22. The van der Waals surface area contributed by atoms with Crippen LogP contribution in [0.2, 0.25) is 0 Å². The molecule has 0 unspecified atom stereocenters. The first-order valence-electron chi connectivity index (χ1n) is 7.34. The van der Waals surface area contributed by atoms with Gasteiger partial charge < -0.3 is 10.3 Å². The lowest BCUT2D eigenvalue weighted by molar-refractivity contribution is 0.337. The first-order valence-corrected chi connectivity index (χ1v) is 7.34. The van der Waals surface area contributed by atoms with Crippen LogP contribution < -0.4 is 11.3 Å². The van der Waals surface area contributed by atoms with Crippen molar-refractivity contribution in [3.8, 4) is 0 Å². The molecule has 19 heavy (non-hydrogen) atoms. The molecule has 1 aromatic rings. The minimum absolute atomic E-state index is 0.122. The first kappa shape index (κ1) is 14.3. The van der Waals surface area contributed by atoms with Crippen LogP contribution in [-0.4, -0.2) is 4.57 Å². The first-order chi connectivity index (χ1) is 8.82. The van der Waals surface area contributed by atoms with Gasteiger partial charge in [0.15, 0.2) is 0 Å². The Kier molecular flexibility index (Phi) is 3.86.